The van der Waals surface area contributed by atoms with E-state index in [9.17, 15) is 5.11 Å². The van der Waals surface area contributed by atoms with Gasteiger partial charge in [0.25, 0.3) is 0 Å². The predicted octanol–water partition coefficient (Wildman–Crippen LogP) is 0.136. The number of aliphatic hydroxyl groups excluding tert-OH is 1. The highest BCUT2D eigenvalue weighted by Gasteiger charge is 2.32. The Balaban J connectivity index is 2.43. The first-order valence-corrected chi connectivity index (χ1v) is 5.05. The Morgan fingerprint density at radius 2 is 2.07 bits per heavy atom. The Morgan fingerprint density at radius 1 is 1.50 bits per heavy atom. The van der Waals surface area contributed by atoms with Crippen molar-refractivity contribution >= 4 is 0 Å². The first-order valence-electron chi connectivity index (χ1n) is 5.05. The summed E-state index contributed by atoms with van der Waals surface area (Å²) in [5, 5.41) is 9.18. The SMILES string of the molecule is CC(C)(C)C(N)C(CO)OC1COC1. The quantitative estimate of drug-likeness (QED) is 0.682. The number of hydrogen-bond donors (Lipinski definition) is 2. The molecule has 0 aliphatic carbocycles. The molecule has 4 heteroatoms. The van der Waals surface area contributed by atoms with Crippen LogP contribution in [0.15, 0.2) is 0 Å². The Labute approximate surface area is 85.4 Å². The molecule has 2 unspecified atom stereocenters. The molecular weight excluding hydrogens is 182 g/mol. The third kappa shape index (κ3) is 2.92. The van der Waals surface area contributed by atoms with Crippen molar-refractivity contribution in [1.82, 2.24) is 0 Å². The lowest BCUT2D eigenvalue weighted by atomic mass is 9.84. The minimum Gasteiger partial charge on any atom is -0.394 e. The normalized spacial score (nSPS) is 22.9. The van der Waals surface area contributed by atoms with Crippen LogP contribution < -0.4 is 5.73 Å². The molecule has 14 heavy (non-hydrogen) atoms. The van der Waals surface area contributed by atoms with Crippen LogP contribution in [0.25, 0.3) is 0 Å². The molecule has 1 aliphatic heterocycles. The van der Waals surface area contributed by atoms with E-state index in [0.717, 1.165) is 0 Å². The Bertz CT molecular complexity index is 175. The monoisotopic (exact) mass is 203 g/mol. The fourth-order valence-corrected chi connectivity index (χ4v) is 1.34. The highest BCUT2D eigenvalue weighted by molar-refractivity contribution is 4.85. The van der Waals surface area contributed by atoms with Gasteiger partial charge in [-0.3, -0.25) is 0 Å². The van der Waals surface area contributed by atoms with Crippen LogP contribution >= 0.6 is 0 Å². The van der Waals surface area contributed by atoms with Gasteiger partial charge in [0.2, 0.25) is 0 Å². The van der Waals surface area contributed by atoms with E-state index in [1.807, 2.05) is 20.8 Å². The van der Waals surface area contributed by atoms with Gasteiger partial charge in [0.05, 0.1) is 25.9 Å². The van der Waals surface area contributed by atoms with Crippen LogP contribution in [0.5, 0.6) is 0 Å². The molecule has 3 N–H and O–H groups in total. The largest absolute Gasteiger partial charge is 0.394 e. The Morgan fingerprint density at radius 3 is 2.36 bits per heavy atom. The second kappa shape index (κ2) is 4.57. The molecule has 2 atom stereocenters. The molecular formula is C10H21NO3. The van der Waals surface area contributed by atoms with Crippen LogP contribution in [0, 0.1) is 5.41 Å². The van der Waals surface area contributed by atoms with Gasteiger partial charge in [0.1, 0.15) is 6.10 Å². The lowest BCUT2D eigenvalue weighted by molar-refractivity contribution is -0.171. The topological polar surface area (TPSA) is 64.7 Å². The van der Waals surface area contributed by atoms with Crippen LogP contribution in [-0.4, -0.2) is 43.2 Å². The lowest BCUT2D eigenvalue weighted by Crippen LogP contribution is -2.52. The molecule has 0 bridgehead atoms. The van der Waals surface area contributed by atoms with E-state index < -0.39 is 0 Å². The summed E-state index contributed by atoms with van der Waals surface area (Å²) in [6.45, 7) is 7.33. The molecule has 1 heterocycles. The number of aliphatic hydroxyl groups is 1. The fourth-order valence-electron chi connectivity index (χ4n) is 1.34. The van der Waals surface area contributed by atoms with E-state index in [-0.39, 0.29) is 30.3 Å². The van der Waals surface area contributed by atoms with Crippen LogP contribution in [-0.2, 0) is 9.47 Å². The summed E-state index contributed by atoms with van der Waals surface area (Å²) in [5.74, 6) is 0. The van der Waals surface area contributed by atoms with Gasteiger partial charge in [0, 0.05) is 6.04 Å². The van der Waals surface area contributed by atoms with Gasteiger partial charge in [-0.2, -0.15) is 0 Å². The van der Waals surface area contributed by atoms with Crippen molar-refractivity contribution in [2.45, 2.75) is 39.0 Å². The van der Waals surface area contributed by atoms with Crippen LogP contribution in [0.4, 0.5) is 0 Å². The number of ether oxygens (including phenoxy) is 2. The minimum absolute atomic E-state index is 0.0328. The number of nitrogens with two attached hydrogens (primary N) is 1. The van der Waals surface area contributed by atoms with Crippen molar-refractivity contribution < 1.29 is 14.6 Å². The smallest absolute Gasteiger partial charge is 0.105 e. The van der Waals surface area contributed by atoms with Crippen molar-refractivity contribution in [3.8, 4) is 0 Å². The van der Waals surface area contributed by atoms with E-state index in [1.165, 1.54) is 0 Å². The van der Waals surface area contributed by atoms with Gasteiger partial charge in [-0.1, -0.05) is 20.8 Å². The zero-order valence-corrected chi connectivity index (χ0v) is 9.19. The van der Waals surface area contributed by atoms with Gasteiger partial charge < -0.3 is 20.3 Å². The van der Waals surface area contributed by atoms with E-state index >= 15 is 0 Å². The van der Waals surface area contributed by atoms with Crippen molar-refractivity contribution in [3.05, 3.63) is 0 Å². The summed E-state index contributed by atoms with van der Waals surface area (Å²) < 4.78 is 10.6. The van der Waals surface area contributed by atoms with Crippen LogP contribution in [0.3, 0.4) is 0 Å². The maximum atomic E-state index is 9.18. The molecule has 1 rings (SSSR count). The van der Waals surface area contributed by atoms with Crippen molar-refractivity contribution in [2.75, 3.05) is 19.8 Å². The first kappa shape index (κ1) is 11.9. The Hall–Kier alpha value is -0.160. The summed E-state index contributed by atoms with van der Waals surface area (Å²) >= 11 is 0. The molecule has 4 nitrogen and oxygen atoms in total. The zero-order chi connectivity index (χ0) is 10.8. The molecule has 0 aromatic rings. The molecule has 0 amide bonds. The molecule has 0 saturated carbocycles. The van der Waals surface area contributed by atoms with Gasteiger partial charge in [-0.25, -0.2) is 0 Å². The molecule has 0 aromatic heterocycles. The summed E-state index contributed by atoms with van der Waals surface area (Å²) in [6.07, 6.45) is -0.176. The van der Waals surface area contributed by atoms with Crippen molar-refractivity contribution in [2.24, 2.45) is 11.1 Å². The van der Waals surface area contributed by atoms with Crippen LogP contribution in [0.2, 0.25) is 0 Å². The maximum Gasteiger partial charge on any atom is 0.105 e. The van der Waals surface area contributed by atoms with Gasteiger partial charge in [-0.15, -0.1) is 0 Å². The molecule has 1 fully saturated rings. The van der Waals surface area contributed by atoms with E-state index in [0.29, 0.717) is 13.2 Å². The van der Waals surface area contributed by atoms with Gasteiger partial charge in [0.15, 0.2) is 0 Å². The number of rotatable bonds is 4. The summed E-state index contributed by atoms with van der Waals surface area (Å²) in [4.78, 5) is 0. The molecule has 84 valence electrons. The molecule has 1 aliphatic rings. The first-order chi connectivity index (χ1) is 6.45. The maximum absolute atomic E-state index is 9.18. The second-order valence-corrected chi connectivity index (χ2v) is 4.91. The molecule has 0 spiro atoms. The van der Waals surface area contributed by atoms with E-state index in [2.05, 4.69) is 0 Å². The average Bonchev–Trinajstić information content (AvgIpc) is 2.00. The number of hydrogen-bond acceptors (Lipinski definition) is 4. The second-order valence-electron chi connectivity index (χ2n) is 4.91. The van der Waals surface area contributed by atoms with Crippen molar-refractivity contribution in [1.29, 1.82) is 0 Å². The standard InChI is InChI=1S/C10H21NO3/c1-10(2,3)9(11)8(4-12)14-7-5-13-6-7/h7-9,12H,4-6,11H2,1-3H3. The molecule has 1 saturated heterocycles. The average molecular weight is 203 g/mol. The Kier molecular flexibility index (Phi) is 3.89. The minimum atomic E-state index is -0.288. The van der Waals surface area contributed by atoms with Gasteiger partial charge in [-0.05, 0) is 5.41 Å². The fraction of sp³-hybridized carbons (Fsp3) is 1.00. The highest BCUT2D eigenvalue weighted by atomic mass is 16.6. The molecule has 0 radical (unpaired) electrons. The summed E-state index contributed by atoms with van der Waals surface area (Å²) in [6, 6.07) is -0.159. The summed E-state index contributed by atoms with van der Waals surface area (Å²) in [7, 11) is 0. The molecule has 0 aromatic carbocycles. The third-order valence-corrected chi connectivity index (χ3v) is 2.56. The van der Waals surface area contributed by atoms with Crippen LogP contribution in [0.1, 0.15) is 20.8 Å². The third-order valence-electron chi connectivity index (χ3n) is 2.56. The predicted molar refractivity (Wildman–Crippen MR) is 54.0 cm³/mol. The summed E-state index contributed by atoms with van der Waals surface area (Å²) in [5.41, 5.74) is 5.95. The van der Waals surface area contributed by atoms with E-state index in [1.54, 1.807) is 0 Å². The zero-order valence-electron chi connectivity index (χ0n) is 9.19. The van der Waals surface area contributed by atoms with E-state index in [4.69, 9.17) is 15.2 Å². The van der Waals surface area contributed by atoms with Crippen molar-refractivity contribution in [3.63, 3.8) is 0 Å². The lowest BCUT2D eigenvalue weighted by Gasteiger charge is -2.37. The highest BCUT2D eigenvalue weighted by Crippen LogP contribution is 2.23. The van der Waals surface area contributed by atoms with Gasteiger partial charge >= 0.3 is 0 Å².